The Morgan fingerprint density at radius 1 is 1.27 bits per heavy atom. The molecule has 0 aliphatic heterocycles. The molecule has 1 aromatic heterocycles. The number of ether oxygens (including phenoxy) is 1. The van der Waals surface area contributed by atoms with Gasteiger partial charge in [0.15, 0.2) is 5.75 Å². The molecule has 0 unspecified atom stereocenters. The molecule has 0 radical (unpaired) electrons. The van der Waals surface area contributed by atoms with E-state index < -0.39 is 0 Å². The maximum Gasteiger partial charge on any atom is 0.223 e. The van der Waals surface area contributed by atoms with E-state index in [2.05, 4.69) is 5.32 Å². The summed E-state index contributed by atoms with van der Waals surface area (Å²) in [5, 5.41) is 2.75. The van der Waals surface area contributed by atoms with E-state index in [4.69, 9.17) is 4.74 Å². The highest BCUT2D eigenvalue weighted by Crippen LogP contribution is 2.09. The molecular weight excluding hydrogens is 280 g/mol. The largest absolute Gasteiger partial charge is 0.483 e. The van der Waals surface area contributed by atoms with Crippen LogP contribution in [-0.4, -0.2) is 10.5 Å². The van der Waals surface area contributed by atoms with Gasteiger partial charge in [0.05, 0.1) is 12.7 Å². The molecule has 0 bridgehead atoms. The summed E-state index contributed by atoms with van der Waals surface area (Å²) in [5.41, 5.74) is 1.55. The van der Waals surface area contributed by atoms with Crippen LogP contribution in [-0.2, 0) is 25.0 Å². The number of hydrogen-bond donors (Lipinski definition) is 1. The summed E-state index contributed by atoms with van der Waals surface area (Å²) in [6.07, 6.45) is 2.07. The highest BCUT2D eigenvalue weighted by Gasteiger charge is 2.07. The Morgan fingerprint density at radius 3 is 2.68 bits per heavy atom. The maximum atomic E-state index is 12.1. The number of carbonyl (C=O) groups is 1. The van der Waals surface area contributed by atoms with Gasteiger partial charge in [-0.1, -0.05) is 37.3 Å². The van der Waals surface area contributed by atoms with Crippen LogP contribution in [0.1, 0.15) is 24.6 Å². The van der Waals surface area contributed by atoms with Gasteiger partial charge in [0.2, 0.25) is 11.3 Å². The number of aryl methyl sites for hydroxylation is 1. The van der Waals surface area contributed by atoms with Gasteiger partial charge in [-0.3, -0.25) is 9.59 Å². The van der Waals surface area contributed by atoms with Crippen LogP contribution in [0.25, 0.3) is 0 Å². The second kappa shape index (κ2) is 7.45. The Labute approximate surface area is 129 Å². The Hall–Kier alpha value is -2.56. The second-order valence-corrected chi connectivity index (χ2v) is 5.01. The van der Waals surface area contributed by atoms with Gasteiger partial charge in [-0.05, 0) is 5.56 Å². The van der Waals surface area contributed by atoms with Gasteiger partial charge in [0.25, 0.3) is 0 Å². The first-order chi connectivity index (χ1) is 10.6. The Bertz CT molecular complexity index is 693. The van der Waals surface area contributed by atoms with Gasteiger partial charge < -0.3 is 14.6 Å². The van der Waals surface area contributed by atoms with Crippen LogP contribution in [0.4, 0.5) is 0 Å². The van der Waals surface area contributed by atoms with E-state index in [9.17, 15) is 9.59 Å². The van der Waals surface area contributed by atoms with Crippen molar-refractivity contribution in [3.05, 3.63) is 64.1 Å². The molecule has 0 aliphatic carbocycles. The summed E-state index contributed by atoms with van der Waals surface area (Å²) in [6.45, 7) is 2.47. The number of nitrogens with one attached hydrogen (secondary N) is 1. The van der Waals surface area contributed by atoms with Crippen LogP contribution in [0.2, 0.25) is 0 Å². The first kappa shape index (κ1) is 15.8. The molecule has 1 heterocycles. The van der Waals surface area contributed by atoms with E-state index in [-0.39, 0.29) is 11.3 Å². The molecule has 0 saturated carbocycles. The number of hydrogen-bond acceptors (Lipinski definition) is 3. The minimum Gasteiger partial charge on any atom is -0.483 e. The quantitative estimate of drug-likeness (QED) is 0.887. The Morgan fingerprint density at radius 2 is 2.00 bits per heavy atom. The van der Waals surface area contributed by atoms with Gasteiger partial charge in [-0.15, -0.1) is 0 Å². The van der Waals surface area contributed by atoms with Crippen LogP contribution in [0, 0.1) is 0 Å². The van der Waals surface area contributed by atoms with E-state index in [1.54, 1.807) is 17.7 Å². The fourth-order valence-electron chi connectivity index (χ4n) is 1.98. The minimum atomic E-state index is -0.185. The fourth-order valence-corrected chi connectivity index (χ4v) is 1.98. The molecular formula is C17H20N2O3. The van der Waals surface area contributed by atoms with Crippen molar-refractivity contribution in [3.63, 3.8) is 0 Å². The van der Waals surface area contributed by atoms with Crippen molar-refractivity contribution in [2.24, 2.45) is 7.05 Å². The van der Waals surface area contributed by atoms with Gasteiger partial charge in [0.1, 0.15) is 6.61 Å². The molecule has 2 aromatic rings. The van der Waals surface area contributed by atoms with E-state index >= 15 is 0 Å². The average molecular weight is 300 g/mol. The van der Waals surface area contributed by atoms with Crippen LogP contribution in [0.3, 0.4) is 0 Å². The van der Waals surface area contributed by atoms with Gasteiger partial charge in [-0.25, -0.2) is 0 Å². The zero-order valence-corrected chi connectivity index (χ0v) is 12.8. The second-order valence-electron chi connectivity index (χ2n) is 5.01. The molecule has 2 rings (SSSR count). The lowest BCUT2D eigenvalue weighted by Gasteiger charge is -2.12. The van der Waals surface area contributed by atoms with Crippen LogP contribution in [0.15, 0.2) is 47.4 Å². The van der Waals surface area contributed by atoms with Crippen molar-refractivity contribution in [3.8, 4) is 5.75 Å². The summed E-state index contributed by atoms with van der Waals surface area (Å²) >= 11 is 0. The number of nitrogens with zero attached hydrogens (tertiary/aromatic N) is 1. The SMILES string of the molecule is CCC(=O)NCc1cc(=O)c(OCc2ccccc2)cn1C. The lowest BCUT2D eigenvalue weighted by atomic mass is 10.2. The number of pyridine rings is 1. The summed E-state index contributed by atoms with van der Waals surface area (Å²) < 4.78 is 7.37. The monoisotopic (exact) mass is 300 g/mol. The zero-order valence-electron chi connectivity index (χ0n) is 12.8. The molecule has 0 spiro atoms. The first-order valence-electron chi connectivity index (χ1n) is 7.23. The third-order valence-electron chi connectivity index (χ3n) is 3.33. The van der Waals surface area contributed by atoms with Crippen molar-refractivity contribution in [1.82, 2.24) is 9.88 Å². The average Bonchev–Trinajstić information content (AvgIpc) is 2.54. The molecule has 1 aromatic carbocycles. The highest BCUT2D eigenvalue weighted by atomic mass is 16.5. The Balaban J connectivity index is 2.06. The molecule has 116 valence electrons. The topological polar surface area (TPSA) is 60.3 Å². The molecule has 0 atom stereocenters. The number of rotatable bonds is 6. The number of amides is 1. The van der Waals surface area contributed by atoms with Crippen molar-refractivity contribution in [1.29, 1.82) is 0 Å². The smallest absolute Gasteiger partial charge is 0.223 e. The highest BCUT2D eigenvalue weighted by molar-refractivity contribution is 5.75. The summed E-state index contributed by atoms with van der Waals surface area (Å²) in [5.74, 6) is 0.258. The summed E-state index contributed by atoms with van der Waals surface area (Å²) in [4.78, 5) is 23.4. The van der Waals surface area contributed by atoms with Crippen LogP contribution in [0.5, 0.6) is 5.75 Å². The lowest BCUT2D eigenvalue weighted by molar-refractivity contribution is -0.120. The van der Waals surface area contributed by atoms with Gasteiger partial charge in [-0.2, -0.15) is 0 Å². The van der Waals surface area contributed by atoms with Crippen molar-refractivity contribution in [2.45, 2.75) is 26.5 Å². The number of benzene rings is 1. The number of carbonyl (C=O) groups excluding carboxylic acids is 1. The van der Waals surface area contributed by atoms with Gasteiger partial charge >= 0.3 is 0 Å². The molecule has 1 N–H and O–H groups in total. The number of aromatic nitrogens is 1. The predicted octanol–water partition coefficient (Wildman–Crippen LogP) is 1.99. The normalized spacial score (nSPS) is 10.3. The zero-order chi connectivity index (χ0) is 15.9. The molecule has 22 heavy (non-hydrogen) atoms. The molecule has 0 aliphatic rings. The van der Waals surface area contributed by atoms with Crippen molar-refractivity contribution >= 4 is 5.91 Å². The molecule has 5 nitrogen and oxygen atoms in total. The predicted molar refractivity (Wildman–Crippen MR) is 84.6 cm³/mol. The molecule has 1 amide bonds. The fraction of sp³-hybridized carbons (Fsp3) is 0.294. The van der Waals surface area contributed by atoms with E-state index in [1.807, 2.05) is 37.4 Å². The van der Waals surface area contributed by atoms with Gasteiger partial charge in [0, 0.05) is 25.2 Å². The minimum absolute atomic E-state index is 0.0446. The maximum absolute atomic E-state index is 12.1. The third-order valence-corrected chi connectivity index (χ3v) is 3.33. The van der Waals surface area contributed by atoms with E-state index in [1.165, 1.54) is 6.07 Å². The molecule has 5 heteroatoms. The third kappa shape index (κ3) is 4.22. The van der Waals surface area contributed by atoms with E-state index in [0.29, 0.717) is 25.3 Å². The molecule has 0 saturated heterocycles. The van der Waals surface area contributed by atoms with Crippen molar-refractivity contribution in [2.75, 3.05) is 0 Å². The standard InChI is InChI=1S/C17H20N2O3/c1-3-17(21)18-10-14-9-15(20)16(11-19(14)2)22-12-13-7-5-4-6-8-13/h4-9,11H,3,10,12H2,1-2H3,(H,18,21). The van der Waals surface area contributed by atoms with Crippen LogP contribution < -0.4 is 15.5 Å². The van der Waals surface area contributed by atoms with Crippen LogP contribution >= 0.6 is 0 Å². The molecule has 0 fully saturated rings. The summed E-state index contributed by atoms with van der Waals surface area (Å²) in [7, 11) is 1.82. The first-order valence-corrected chi connectivity index (χ1v) is 7.23. The Kier molecular flexibility index (Phi) is 5.36. The van der Waals surface area contributed by atoms with E-state index in [0.717, 1.165) is 11.3 Å². The lowest BCUT2D eigenvalue weighted by Crippen LogP contribution is -2.24. The summed E-state index contributed by atoms with van der Waals surface area (Å²) in [6, 6.07) is 11.2. The van der Waals surface area contributed by atoms with Crippen molar-refractivity contribution < 1.29 is 9.53 Å².